The van der Waals surface area contributed by atoms with E-state index in [0.717, 1.165) is 12.1 Å². The summed E-state index contributed by atoms with van der Waals surface area (Å²) >= 11 is 3.04. The zero-order valence-corrected chi connectivity index (χ0v) is 14.1. The van der Waals surface area contributed by atoms with Gasteiger partial charge in [-0.05, 0) is 49.0 Å². The Balaban J connectivity index is 2.82. The van der Waals surface area contributed by atoms with Crippen molar-refractivity contribution in [3.63, 3.8) is 0 Å². The number of benzene rings is 1. The number of nitrogen functional groups attached to an aromatic ring is 1. The molecule has 1 rings (SSSR count). The van der Waals surface area contributed by atoms with E-state index in [9.17, 15) is 12.8 Å². The predicted octanol–water partition coefficient (Wildman–Crippen LogP) is 1.79. The fraction of sp³-hybridized carbons (Fsp3) is 0.500. The fourth-order valence-corrected chi connectivity index (χ4v) is 3.51. The van der Waals surface area contributed by atoms with Crippen molar-refractivity contribution in [2.45, 2.75) is 24.8 Å². The van der Waals surface area contributed by atoms with Gasteiger partial charge in [-0.1, -0.05) is 0 Å². The Bertz CT molecular complexity index is 578. The van der Waals surface area contributed by atoms with E-state index in [1.807, 2.05) is 25.8 Å². The quantitative estimate of drug-likeness (QED) is 0.751. The lowest BCUT2D eigenvalue weighted by Crippen LogP contribution is -2.36. The highest BCUT2D eigenvalue weighted by Crippen LogP contribution is 2.26. The number of rotatable bonds is 6. The van der Waals surface area contributed by atoms with E-state index < -0.39 is 15.8 Å². The first kappa shape index (κ1) is 17.4. The molecule has 0 radical (unpaired) electrons. The molecule has 0 spiro atoms. The summed E-state index contributed by atoms with van der Waals surface area (Å²) in [6, 6.07) is 2.48. The van der Waals surface area contributed by atoms with Gasteiger partial charge in [-0.25, -0.2) is 17.5 Å². The lowest BCUT2D eigenvalue weighted by atomic mass is 10.3. The minimum absolute atomic E-state index is 0.0661. The molecule has 0 heterocycles. The first-order valence-corrected chi connectivity index (χ1v) is 8.37. The third-order valence-electron chi connectivity index (χ3n) is 2.98. The molecule has 20 heavy (non-hydrogen) atoms. The zero-order chi connectivity index (χ0) is 15.5. The molecule has 1 aromatic carbocycles. The number of hydrogen-bond acceptors (Lipinski definition) is 4. The van der Waals surface area contributed by atoms with Crippen LogP contribution < -0.4 is 10.5 Å². The number of nitrogens with two attached hydrogens (primary N) is 1. The minimum Gasteiger partial charge on any atom is -0.396 e. The average Bonchev–Trinajstić information content (AvgIpc) is 2.33. The highest BCUT2D eigenvalue weighted by Gasteiger charge is 2.19. The number of likely N-dealkylation sites (N-methyl/N-ethyl adjacent to an activating group) is 1. The van der Waals surface area contributed by atoms with Crippen LogP contribution in [0.2, 0.25) is 0 Å². The summed E-state index contributed by atoms with van der Waals surface area (Å²) in [5.74, 6) is -0.657. The third-order valence-corrected chi connectivity index (χ3v) is 5.40. The number of hydrogen-bond donors (Lipinski definition) is 2. The SMILES string of the molecule is CC(C)N(C)CCNS(=O)(=O)c1cc(N)c(F)cc1Br. The summed E-state index contributed by atoms with van der Waals surface area (Å²) in [4.78, 5) is 1.94. The molecule has 8 heteroatoms. The minimum atomic E-state index is -3.72. The first-order valence-electron chi connectivity index (χ1n) is 6.09. The smallest absolute Gasteiger partial charge is 0.241 e. The molecule has 0 unspecified atom stereocenters. The molecule has 0 aliphatic rings. The lowest BCUT2D eigenvalue weighted by molar-refractivity contribution is 0.278. The Morgan fingerprint density at radius 2 is 2.05 bits per heavy atom. The highest BCUT2D eigenvalue weighted by molar-refractivity contribution is 9.10. The van der Waals surface area contributed by atoms with E-state index in [1.165, 1.54) is 0 Å². The van der Waals surface area contributed by atoms with Crippen LogP contribution in [0.3, 0.4) is 0 Å². The van der Waals surface area contributed by atoms with Crippen molar-refractivity contribution in [2.75, 3.05) is 25.9 Å². The summed E-state index contributed by atoms with van der Waals surface area (Å²) < 4.78 is 40.1. The number of nitrogens with one attached hydrogen (secondary N) is 1. The van der Waals surface area contributed by atoms with E-state index in [1.54, 1.807) is 0 Å². The first-order chi connectivity index (χ1) is 9.15. The predicted molar refractivity (Wildman–Crippen MR) is 81.5 cm³/mol. The topological polar surface area (TPSA) is 75.4 Å². The Kier molecular flexibility index (Phi) is 5.93. The van der Waals surface area contributed by atoms with Crippen LogP contribution in [0.25, 0.3) is 0 Å². The van der Waals surface area contributed by atoms with Crippen molar-refractivity contribution in [3.8, 4) is 0 Å². The van der Waals surface area contributed by atoms with Gasteiger partial charge in [0.15, 0.2) is 0 Å². The third kappa shape index (κ3) is 4.41. The molecule has 0 aliphatic heterocycles. The molecular weight excluding hydrogens is 349 g/mol. The summed E-state index contributed by atoms with van der Waals surface area (Å²) in [5, 5.41) is 0. The van der Waals surface area contributed by atoms with Crippen molar-refractivity contribution in [1.82, 2.24) is 9.62 Å². The van der Waals surface area contributed by atoms with Gasteiger partial charge >= 0.3 is 0 Å². The second-order valence-electron chi connectivity index (χ2n) is 4.78. The highest BCUT2D eigenvalue weighted by atomic mass is 79.9. The molecule has 5 nitrogen and oxygen atoms in total. The second-order valence-corrected chi connectivity index (χ2v) is 7.37. The van der Waals surface area contributed by atoms with Crippen LogP contribution in [0.5, 0.6) is 0 Å². The average molecular weight is 368 g/mol. The lowest BCUT2D eigenvalue weighted by Gasteiger charge is -2.21. The molecule has 0 aliphatic carbocycles. The second kappa shape index (κ2) is 6.84. The van der Waals surface area contributed by atoms with Crippen molar-refractivity contribution < 1.29 is 12.8 Å². The monoisotopic (exact) mass is 367 g/mol. The maximum atomic E-state index is 13.2. The summed E-state index contributed by atoms with van der Waals surface area (Å²) in [6.07, 6.45) is 0. The molecule has 0 aromatic heterocycles. The molecule has 0 bridgehead atoms. The molecule has 114 valence electrons. The summed E-state index contributed by atoms with van der Waals surface area (Å²) in [5.41, 5.74) is 5.21. The number of nitrogens with zero attached hydrogens (tertiary/aromatic N) is 1. The summed E-state index contributed by atoms with van der Waals surface area (Å²) in [7, 11) is -1.81. The van der Waals surface area contributed by atoms with E-state index in [-0.39, 0.29) is 21.6 Å². The van der Waals surface area contributed by atoms with Crippen molar-refractivity contribution in [3.05, 3.63) is 22.4 Å². The van der Waals surface area contributed by atoms with E-state index in [4.69, 9.17) is 5.73 Å². The van der Waals surface area contributed by atoms with Crippen LogP contribution in [0.1, 0.15) is 13.8 Å². The van der Waals surface area contributed by atoms with Gasteiger partial charge in [0.1, 0.15) is 5.82 Å². The molecule has 0 atom stereocenters. The molecular formula is C12H19BrFN3O2S. The van der Waals surface area contributed by atoms with E-state index >= 15 is 0 Å². The maximum absolute atomic E-state index is 13.2. The van der Waals surface area contributed by atoms with Crippen LogP contribution in [0.4, 0.5) is 10.1 Å². The van der Waals surface area contributed by atoms with Gasteiger partial charge in [0.05, 0.1) is 10.6 Å². The van der Waals surface area contributed by atoms with Crippen LogP contribution in [-0.4, -0.2) is 39.5 Å². The van der Waals surface area contributed by atoms with E-state index in [0.29, 0.717) is 12.6 Å². The standard InChI is InChI=1S/C12H19BrFN3O2S/c1-8(2)17(3)5-4-16-20(18,19)12-7-11(15)10(14)6-9(12)13/h6-8,16H,4-5,15H2,1-3H3. The van der Waals surface area contributed by atoms with Gasteiger partial charge in [-0.2, -0.15) is 0 Å². The van der Waals surface area contributed by atoms with Crippen molar-refractivity contribution in [1.29, 1.82) is 0 Å². The van der Waals surface area contributed by atoms with Crippen molar-refractivity contribution in [2.24, 2.45) is 0 Å². The fourth-order valence-electron chi connectivity index (χ4n) is 1.44. The van der Waals surface area contributed by atoms with Gasteiger partial charge in [0.25, 0.3) is 0 Å². The molecule has 1 aromatic rings. The van der Waals surface area contributed by atoms with Gasteiger partial charge < -0.3 is 10.6 Å². The molecule has 0 amide bonds. The van der Waals surface area contributed by atoms with Gasteiger partial charge in [-0.3, -0.25) is 0 Å². The maximum Gasteiger partial charge on any atom is 0.241 e. The zero-order valence-electron chi connectivity index (χ0n) is 11.7. The van der Waals surface area contributed by atoms with Crippen LogP contribution >= 0.6 is 15.9 Å². The number of sulfonamides is 1. The molecule has 0 saturated carbocycles. The number of anilines is 1. The van der Waals surface area contributed by atoms with Crippen LogP contribution in [-0.2, 0) is 10.0 Å². The van der Waals surface area contributed by atoms with Gasteiger partial charge in [0, 0.05) is 23.6 Å². The normalized spacial score (nSPS) is 12.3. The Morgan fingerprint density at radius 3 is 2.60 bits per heavy atom. The van der Waals surface area contributed by atoms with E-state index in [2.05, 4.69) is 20.7 Å². The summed E-state index contributed by atoms with van der Waals surface area (Å²) in [6.45, 7) is 4.88. The Hall–Kier alpha value is -0.700. The van der Waals surface area contributed by atoms with Crippen LogP contribution in [0, 0.1) is 5.82 Å². The Morgan fingerprint density at radius 1 is 1.45 bits per heavy atom. The van der Waals surface area contributed by atoms with Gasteiger partial charge in [0.2, 0.25) is 10.0 Å². The Labute approximate surface area is 127 Å². The van der Waals surface area contributed by atoms with Gasteiger partial charge in [-0.15, -0.1) is 0 Å². The molecule has 3 N–H and O–H groups in total. The van der Waals surface area contributed by atoms with Crippen LogP contribution in [0.15, 0.2) is 21.5 Å². The largest absolute Gasteiger partial charge is 0.396 e. The number of halogens is 2. The van der Waals surface area contributed by atoms with Crippen molar-refractivity contribution >= 4 is 31.6 Å². The molecule has 0 saturated heterocycles. The molecule has 0 fully saturated rings.